The predicted octanol–water partition coefficient (Wildman–Crippen LogP) is 2.40. The van der Waals surface area contributed by atoms with Gasteiger partial charge in [-0.15, -0.1) is 0 Å². The maximum Gasteiger partial charge on any atom is 0.175 e. The molecule has 3 unspecified atom stereocenters. The molecule has 0 heterocycles. The SMILES string of the molecule is CC(NC1Cc2ccccc2C1O)c1ccc(S(C)(=O)=O)cc1. The van der Waals surface area contributed by atoms with Crippen molar-refractivity contribution in [3.63, 3.8) is 0 Å². The van der Waals surface area contributed by atoms with Crippen molar-refractivity contribution in [2.45, 2.75) is 36.4 Å². The van der Waals surface area contributed by atoms with E-state index in [1.165, 1.54) is 11.8 Å². The molecule has 2 aromatic rings. The average Bonchev–Trinajstić information content (AvgIpc) is 2.83. The second kappa shape index (κ2) is 6.07. The van der Waals surface area contributed by atoms with Crippen molar-refractivity contribution in [2.24, 2.45) is 0 Å². The van der Waals surface area contributed by atoms with E-state index in [0.29, 0.717) is 4.90 Å². The van der Waals surface area contributed by atoms with Crippen molar-refractivity contribution in [3.05, 3.63) is 65.2 Å². The highest BCUT2D eigenvalue weighted by molar-refractivity contribution is 7.90. The molecule has 0 saturated carbocycles. The normalized spacial score (nSPS) is 21.9. The Balaban J connectivity index is 1.72. The van der Waals surface area contributed by atoms with Gasteiger partial charge in [-0.3, -0.25) is 0 Å². The third-order valence-electron chi connectivity index (χ3n) is 4.47. The molecule has 5 heteroatoms. The lowest BCUT2D eigenvalue weighted by Crippen LogP contribution is -2.34. The summed E-state index contributed by atoms with van der Waals surface area (Å²) in [4.78, 5) is 0.321. The van der Waals surface area contributed by atoms with Gasteiger partial charge < -0.3 is 10.4 Å². The van der Waals surface area contributed by atoms with E-state index in [4.69, 9.17) is 0 Å². The maximum absolute atomic E-state index is 11.5. The van der Waals surface area contributed by atoms with Crippen molar-refractivity contribution >= 4 is 9.84 Å². The standard InChI is InChI=1S/C18H21NO3S/c1-12(13-7-9-15(10-8-13)23(2,21)22)19-17-11-14-5-3-4-6-16(14)18(17)20/h3-10,12,17-20H,11H2,1-2H3. The molecule has 1 aliphatic rings. The van der Waals surface area contributed by atoms with Gasteiger partial charge in [0.1, 0.15) is 0 Å². The topological polar surface area (TPSA) is 66.4 Å². The first-order chi connectivity index (χ1) is 10.9. The van der Waals surface area contributed by atoms with Crippen LogP contribution in [0.4, 0.5) is 0 Å². The summed E-state index contributed by atoms with van der Waals surface area (Å²) in [5.41, 5.74) is 3.17. The Kier molecular flexibility index (Phi) is 4.27. The Morgan fingerprint density at radius 2 is 1.78 bits per heavy atom. The molecule has 122 valence electrons. The number of hydrogen-bond acceptors (Lipinski definition) is 4. The third-order valence-corrected chi connectivity index (χ3v) is 5.60. The highest BCUT2D eigenvalue weighted by Gasteiger charge is 2.31. The summed E-state index contributed by atoms with van der Waals surface area (Å²) in [6, 6.07) is 14.8. The van der Waals surface area contributed by atoms with Gasteiger partial charge in [-0.2, -0.15) is 0 Å². The van der Waals surface area contributed by atoms with Gasteiger partial charge in [-0.05, 0) is 42.2 Å². The van der Waals surface area contributed by atoms with Crippen molar-refractivity contribution in [1.82, 2.24) is 5.32 Å². The molecule has 3 rings (SSSR count). The fraction of sp³-hybridized carbons (Fsp3) is 0.333. The van der Waals surface area contributed by atoms with Crippen molar-refractivity contribution in [1.29, 1.82) is 0 Å². The average molecular weight is 331 g/mol. The molecule has 3 atom stereocenters. The van der Waals surface area contributed by atoms with Gasteiger partial charge in [0.25, 0.3) is 0 Å². The van der Waals surface area contributed by atoms with Gasteiger partial charge in [-0.1, -0.05) is 36.4 Å². The molecule has 1 aliphatic carbocycles. The van der Waals surface area contributed by atoms with Crippen molar-refractivity contribution in [3.8, 4) is 0 Å². The van der Waals surface area contributed by atoms with E-state index in [1.807, 2.05) is 43.3 Å². The number of aliphatic hydroxyl groups excluding tert-OH is 1. The van der Waals surface area contributed by atoms with E-state index >= 15 is 0 Å². The zero-order valence-corrected chi connectivity index (χ0v) is 14.0. The molecule has 0 bridgehead atoms. The molecular weight excluding hydrogens is 310 g/mol. The minimum Gasteiger partial charge on any atom is -0.387 e. The Bertz CT molecular complexity index is 799. The number of sulfone groups is 1. The maximum atomic E-state index is 11.5. The van der Waals surface area contributed by atoms with Crippen LogP contribution in [0, 0.1) is 0 Å². The van der Waals surface area contributed by atoms with E-state index < -0.39 is 15.9 Å². The first-order valence-corrected chi connectivity index (χ1v) is 9.57. The highest BCUT2D eigenvalue weighted by atomic mass is 32.2. The zero-order valence-electron chi connectivity index (χ0n) is 13.2. The summed E-state index contributed by atoms with van der Waals surface area (Å²) in [6.45, 7) is 2.02. The molecule has 0 amide bonds. The first kappa shape index (κ1) is 16.2. The molecule has 0 aromatic heterocycles. The van der Waals surface area contributed by atoms with Crippen LogP contribution < -0.4 is 5.32 Å². The molecule has 0 radical (unpaired) electrons. The number of hydrogen-bond donors (Lipinski definition) is 2. The van der Waals surface area contributed by atoms with Crippen LogP contribution in [0.2, 0.25) is 0 Å². The van der Waals surface area contributed by atoms with Crippen LogP contribution in [0.1, 0.15) is 35.8 Å². The zero-order chi connectivity index (χ0) is 16.6. The van der Waals surface area contributed by atoms with Gasteiger partial charge in [-0.25, -0.2) is 8.42 Å². The van der Waals surface area contributed by atoms with Crippen molar-refractivity contribution in [2.75, 3.05) is 6.26 Å². The summed E-state index contributed by atoms with van der Waals surface area (Å²) >= 11 is 0. The van der Waals surface area contributed by atoms with Gasteiger partial charge >= 0.3 is 0 Å². The summed E-state index contributed by atoms with van der Waals surface area (Å²) < 4.78 is 23.0. The van der Waals surface area contributed by atoms with E-state index in [-0.39, 0.29) is 12.1 Å². The quantitative estimate of drug-likeness (QED) is 0.903. The molecule has 2 aromatic carbocycles. The van der Waals surface area contributed by atoms with Crippen LogP contribution in [-0.2, 0) is 16.3 Å². The van der Waals surface area contributed by atoms with Crippen LogP contribution in [0.3, 0.4) is 0 Å². The molecule has 0 aliphatic heterocycles. The summed E-state index contributed by atoms with van der Waals surface area (Å²) in [6.07, 6.45) is 1.49. The van der Waals surface area contributed by atoms with E-state index in [0.717, 1.165) is 17.5 Å². The van der Waals surface area contributed by atoms with Crippen LogP contribution in [0.15, 0.2) is 53.4 Å². The number of nitrogens with one attached hydrogen (secondary N) is 1. The Labute approximate surface area is 137 Å². The van der Waals surface area contributed by atoms with Crippen LogP contribution in [0.5, 0.6) is 0 Å². The molecular formula is C18H21NO3S. The Morgan fingerprint density at radius 1 is 1.13 bits per heavy atom. The molecule has 0 fully saturated rings. The van der Waals surface area contributed by atoms with E-state index in [2.05, 4.69) is 5.32 Å². The number of aliphatic hydroxyl groups is 1. The van der Waals surface area contributed by atoms with E-state index in [1.54, 1.807) is 12.1 Å². The summed E-state index contributed by atoms with van der Waals surface area (Å²) in [5.74, 6) is 0. The Morgan fingerprint density at radius 3 is 2.39 bits per heavy atom. The van der Waals surface area contributed by atoms with Crippen molar-refractivity contribution < 1.29 is 13.5 Å². The number of benzene rings is 2. The molecule has 2 N–H and O–H groups in total. The van der Waals surface area contributed by atoms with E-state index in [9.17, 15) is 13.5 Å². The summed E-state index contributed by atoms with van der Waals surface area (Å²) in [5, 5.41) is 13.9. The van der Waals surface area contributed by atoms with Crippen LogP contribution >= 0.6 is 0 Å². The molecule has 0 spiro atoms. The molecule has 4 nitrogen and oxygen atoms in total. The van der Waals surface area contributed by atoms with Crippen LogP contribution in [0.25, 0.3) is 0 Å². The third kappa shape index (κ3) is 3.32. The molecule has 23 heavy (non-hydrogen) atoms. The number of rotatable bonds is 4. The highest BCUT2D eigenvalue weighted by Crippen LogP contribution is 2.32. The Hall–Kier alpha value is -1.69. The lowest BCUT2D eigenvalue weighted by Gasteiger charge is -2.23. The smallest absolute Gasteiger partial charge is 0.175 e. The first-order valence-electron chi connectivity index (χ1n) is 7.68. The minimum absolute atomic E-state index is 0.0255. The second-order valence-electron chi connectivity index (χ2n) is 6.18. The largest absolute Gasteiger partial charge is 0.387 e. The minimum atomic E-state index is -3.17. The summed E-state index contributed by atoms with van der Waals surface area (Å²) in [7, 11) is -3.17. The fourth-order valence-electron chi connectivity index (χ4n) is 3.15. The monoisotopic (exact) mass is 331 g/mol. The van der Waals surface area contributed by atoms with Gasteiger partial charge in [0, 0.05) is 18.3 Å². The van der Waals surface area contributed by atoms with Gasteiger partial charge in [0.15, 0.2) is 9.84 Å². The second-order valence-corrected chi connectivity index (χ2v) is 8.20. The predicted molar refractivity (Wildman–Crippen MR) is 90.0 cm³/mol. The van der Waals surface area contributed by atoms with Gasteiger partial charge in [0.2, 0.25) is 0 Å². The molecule has 0 saturated heterocycles. The lowest BCUT2D eigenvalue weighted by atomic mass is 10.1. The fourth-order valence-corrected chi connectivity index (χ4v) is 3.78. The van der Waals surface area contributed by atoms with Gasteiger partial charge in [0.05, 0.1) is 11.0 Å². The number of fused-ring (bicyclic) bond motifs is 1. The lowest BCUT2D eigenvalue weighted by molar-refractivity contribution is 0.136. The van der Waals surface area contributed by atoms with Crippen LogP contribution in [-0.4, -0.2) is 25.8 Å².